The minimum Gasteiger partial charge on any atom is -0.493 e. The van der Waals surface area contributed by atoms with Crippen molar-refractivity contribution in [3.05, 3.63) is 84.9 Å². The Balaban J connectivity index is 1.79. The van der Waals surface area contributed by atoms with Crippen molar-refractivity contribution < 1.29 is 9.47 Å². The van der Waals surface area contributed by atoms with Gasteiger partial charge in [0.1, 0.15) is 6.61 Å². The number of ether oxygens (including phenoxy) is 2. The fourth-order valence-corrected chi connectivity index (χ4v) is 3.58. The van der Waals surface area contributed by atoms with Crippen molar-refractivity contribution in [2.75, 3.05) is 7.11 Å². The van der Waals surface area contributed by atoms with Crippen LogP contribution < -0.4 is 9.47 Å². The van der Waals surface area contributed by atoms with Gasteiger partial charge >= 0.3 is 0 Å². The Bertz CT molecular complexity index is 1000. The maximum Gasteiger partial charge on any atom is 0.174 e. The SMILES string of the molecule is COc1cc(C=Nc2ccc(C)c(Cl)c2)cc(I)c1OCc1ccc(Cl)cc1. The van der Waals surface area contributed by atoms with Crippen LogP contribution in [-0.2, 0) is 6.61 Å². The van der Waals surface area contributed by atoms with Crippen LogP contribution in [0.2, 0.25) is 10.0 Å². The molecule has 3 nitrogen and oxygen atoms in total. The molecule has 0 amide bonds. The van der Waals surface area contributed by atoms with Crippen LogP contribution in [0.1, 0.15) is 16.7 Å². The molecule has 0 bridgehead atoms. The number of aryl methyl sites for hydroxylation is 1. The Morgan fingerprint density at radius 3 is 2.46 bits per heavy atom. The molecule has 144 valence electrons. The minimum atomic E-state index is 0.429. The highest BCUT2D eigenvalue weighted by atomic mass is 127. The van der Waals surface area contributed by atoms with Gasteiger partial charge < -0.3 is 9.47 Å². The molecule has 0 aliphatic carbocycles. The third kappa shape index (κ3) is 5.40. The molecule has 0 fully saturated rings. The molecule has 0 saturated heterocycles. The van der Waals surface area contributed by atoms with E-state index >= 15 is 0 Å². The van der Waals surface area contributed by atoms with Crippen LogP contribution in [0, 0.1) is 10.5 Å². The summed E-state index contributed by atoms with van der Waals surface area (Å²) in [5.41, 5.74) is 3.77. The molecule has 0 aliphatic rings. The van der Waals surface area contributed by atoms with Crippen LogP contribution in [0.4, 0.5) is 5.69 Å². The van der Waals surface area contributed by atoms with Gasteiger partial charge in [-0.1, -0.05) is 41.4 Å². The number of hydrogen-bond acceptors (Lipinski definition) is 3. The normalized spacial score (nSPS) is 11.0. The van der Waals surface area contributed by atoms with Gasteiger partial charge in [0.15, 0.2) is 11.5 Å². The second-order valence-electron chi connectivity index (χ2n) is 6.14. The summed E-state index contributed by atoms with van der Waals surface area (Å²) in [6.45, 7) is 2.39. The van der Waals surface area contributed by atoms with E-state index < -0.39 is 0 Å². The second-order valence-corrected chi connectivity index (χ2v) is 8.15. The molecule has 0 radical (unpaired) electrons. The molecule has 0 spiro atoms. The van der Waals surface area contributed by atoms with E-state index in [0.717, 1.165) is 25.9 Å². The van der Waals surface area contributed by atoms with Crippen molar-refractivity contribution in [3.8, 4) is 11.5 Å². The van der Waals surface area contributed by atoms with E-state index in [1.54, 1.807) is 13.3 Å². The van der Waals surface area contributed by atoms with Gasteiger partial charge in [0.2, 0.25) is 0 Å². The zero-order valence-electron chi connectivity index (χ0n) is 15.4. The molecule has 3 rings (SSSR count). The molecule has 3 aromatic carbocycles. The summed E-state index contributed by atoms with van der Waals surface area (Å²) in [6, 6.07) is 17.2. The monoisotopic (exact) mass is 525 g/mol. The number of rotatable bonds is 6. The van der Waals surface area contributed by atoms with Crippen LogP contribution >= 0.6 is 45.8 Å². The summed E-state index contributed by atoms with van der Waals surface area (Å²) in [5, 5.41) is 1.40. The molecular weight excluding hydrogens is 508 g/mol. The van der Waals surface area contributed by atoms with E-state index in [2.05, 4.69) is 27.6 Å². The number of halogens is 3. The fraction of sp³-hybridized carbons (Fsp3) is 0.136. The van der Waals surface area contributed by atoms with E-state index in [0.29, 0.717) is 28.2 Å². The number of nitrogens with zero attached hydrogens (tertiary/aromatic N) is 1. The van der Waals surface area contributed by atoms with Crippen LogP contribution in [0.15, 0.2) is 59.6 Å². The first kappa shape index (κ1) is 21.0. The van der Waals surface area contributed by atoms with Crippen molar-refractivity contribution >= 4 is 57.7 Å². The molecule has 0 aliphatic heterocycles. The first-order chi connectivity index (χ1) is 13.5. The average Bonchev–Trinajstić information content (AvgIpc) is 2.69. The zero-order chi connectivity index (χ0) is 20.1. The predicted octanol–water partition coefficient (Wildman–Crippen LogP) is 7.24. The van der Waals surface area contributed by atoms with Crippen LogP contribution in [0.3, 0.4) is 0 Å². The third-order valence-corrected chi connectivity index (χ3v) is 5.53. The quantitative estimate of drug-likeness (QED) is 0.251. The second kappa shape index (κ2) is 9.63. The maximum absolute atomic E-state index is 6.16. The van der Waals surface area contributed by atoms with E-state index in [-0.39, 0.29) is 0 Å². The lowest BCUT2D eigenvalue weighted by atomic mass is 10.2. The molecule has 3 aromatic rings. The van der Waals surface area contributed by atoms with E-state index in [1.807, 2.05) is 61.5 Å². The van der Waals surface area contributed by atoms with Gasteiger partial charge in [0.25, 0.3) is 0 Å². The van der Waals surface area contributed by atoms with Gasteiger partial charge in [0, 0.05) is 16.3 Å². The van der Waals surface area contributed by atoms with E-state index in [1.165, 1.54) is 0 Å². The number of aliphatic imine (C=N–C) groups is 1. The number of methoxy groups -OCH3 is 1. The van der Waals surface area contributed by atoms with Crippen LogP contribution in [-0.4, -0.2) is 13.3 Å². The van der Waals surface area contributed by atoms with Crippen molar-refractivity contribution in [2.24, 2.45) is 4.99 Å². The highest BCUT2D eigenvalue weighted by molar-refractivity contribution is 14.1. The van der Waals surface area contributed by atoms with Gasteiger partial charge in [-0.05, 0) is 82.6 Å². The van der Waals surface area contributed by atoms with Gasteiger partial charge in [-0.2, -0.15) is 0 Å². The third-order valence-electron chi connectivity index (χ3n) is 4.07. The summed E-state index contributed by atoms with van der Waals surface area (Å²) in [7, 11) is 1.63. The lowest BCUT2D eigenvalue weighted by molar-refractivity contribution is 0.282. The van der Waals surface area contributed by atoms with Crippen molar-refractivity contribution in [1.82, 2.24) is 0 Å². The number of benzene rings is 3. The van der Waals surface area contributed by atoms with Crippen molar-refractivity contribution in [1.29, 1.82) is 0 Å². The molecule has 0 heterocycles. The molecule has 0 N–H and O–H groups in total. The molecule has 0 saturated carbocycles. The highest BCUT2D eigenvalue weighted by Crippen LogP contribution is 2.34. The van der Waals surface area contributed by atoms with Gasteiger partial charge in [-0.3, -0.25) is 4.99 Å². The lowest BCUT2D eigenvalue weighted by Gasteiger charge is -2.13. The lowest BCUT2D eigenvalue weighted by Crippen LogP contribution is -2.00. The Hall–Kier alpha value is -1.76. The van der Waals surface area contributed by atoms with E-state index in [4.69, 9.17) is 32.7 Å². The van der Waals surface area contributed by atoms with E-state index in [9.17, 15) is 0 Å². The maximum atomic E-state index is 6.16. The fourth-order valence-electron chi connectivity index (χ4n) is 2.50. The Labute approximate surface area is 188 Å². The van der Waals surface area contributed by atoms with Crippen LogP contribution in [0.5, 0.6) is 11.5 Å². The van der Waals surface area contributed by atoms with Gasteiger partial charge in [-0.25, -0.2) is 0 Å². The standard InChI is InChI=1S/C22H18Cl2INO2/c1-14-3-8-18(11-19(14)24)26-12-16-9-20(25)22(21(10-16)27-2)28-13-15-4-6-17(23)7-5-15/h3-12H,13H2,1-2H3. The molecule has 0 atom stereocenters. The first-order valence-corrected chi connectivity index (χ1v) is 10.3. The van der Waals surface area contributed by atoms with Crippen molar-refractivity contribution in [2.45, 2.75) is 13.5 Å². The smallest absolute Gasteiger partial charge is 0.174 e. The molecule has 0 unspecified atom stereocenters. The largest absolute Gasteiger partial charge is 0.493 e. The Kier molecular flexibility index (Phi) is 7.21. The van der Waals surface area contributed by atoms with Gasteiger partial charge in [0.05, 0.1) is 16.4 Å². The summed E-state index contributed by atoms with van der Waals surface area (Å²) >= 11 is 14.3. The highest BCUT2D eigenvalue weighted by Gasteiger charge is 2.11. The van der Waals surface area contributed by atoms with Crippen LogP contribution in [0.25, 0.3) is 0 Å². The summed E-state index contributed by atoms with van der Waals surface area (Å²) in [4.78, 5) is 4.50. The van der Waals surface area contributed by atoms with Crippen molar-refractivity contribution in [3.63, 3.8) is 0 Å². The van der Waals surface area contributed by atoms with Gasteiger partial charge in [-0.15, -0.1) is 0 Å². The summed E-state index contributed by atoms with van der Waals surface area (Å²) in [5.74, 6) is 1.36. The summed E-state index contributed by atoms with van der Waals surface area (Å²) < 4.78 is 12.5. The summed E-state index contributed by atoms with van der Waals surface area (Å²) in [6.07, 6.45) is 1.79. The average molecular weight is 526 g/mol. The Morgan fingerprint density at radius 1 is 1.04 bits per heavy atom. The Morgan fingerprint density at radius 2 is 1.79 bits per heavy atom. The first-order valence-electron chi connectivity index (χ1n) is 8.51. The zero-order valence-corrected chi connectivity index (χ0v) is 19.0. The topological polar surface area (TPSA) is 30.8 Å². The number of hydrogen-bond donors (Lipinski definition) is 0. The molecule has 28 heavy (non-hydrogen) atoms. The predicted molar refractivity (Wildman–Crippen MR) is 125 cm³/mol. The molecule has 0 aromatic heterocycles. The molecular formula is C22H18Cl2INO2. The minimum absolute atomic E-state index is 0.429. The molecule has 6 heteroatoms.